The number of anilines is 1. The van der Waals surface area contributed by atoms with E-state index in [-0.39, 0.29) is 10.8 Å². The van der Waals surface area contributed by atoms with Gasteiger partial charge in [0.25, 0.3) is 15.9 Å². The lowest BCUT2D eigenvalue weighted by Crippen LogP contribution is -2.12. The van der Waals surface area contributed by atoms with Gasteiger partial charge in [0, 0.05) is 24.0 Å². The molecule has 5 aromatic rings. The first-order chi connectivity index (χ1) is 18.3. The number of sulfonamides is 1. The fraction of sp³-hybridized carbons (Fsp3) is 0.148. The minimum Gasteiger partial charge on any atom is -0.493 e. The lowest BCUT2D eigenvalue weighted by Gasteiger charge is -2.09. The van der Waals surface area contributed by atoms with Crippen molar-refractivity contribution < 1.29 is 22.4 Å². The number of imidazole rings is 1. The van der Waals surface area contributed by atoms with Crippen LogP contribution in [0.5, 0.6) is 11.5 Å². The first-order valence-corrected chi connectivity index (χ1v) is 13.1. The van der Waals surface area contributed by atoms with E-state index in [4.69, 9.17) is 14.0 Å². The first-order valence-electron chi connectivity index (χ1n) is 11.6. The van der Waals surface area contributed by atoms with E-state index in [0.29, 0.717) is 35.2 Å². The Morgan fingerprint density at radius 1 is 0.947 bits per heavy atom. The largest absolute Gasteiger partial charge is 0.493 e. The zero-order chi connectivity index (χ0) is 26.7. The predicted octanol–water partition coefficient (Wildman–Crippen LogP) is 4.77. The Bertz CT molecular complexity index is 1660. The van der Waals surface area contributed by atoms with E-state index in [2.05, 4.69) is 19.8 Å². The number of aromatic nitrogens is 4. The van der Waals surface area contributed by atoms with Crippen LogP contribution in [0.4, 0.5) is 5.69 Å². The molecule has 0 aliphatic carbocycles. The predicted molar refractivity (Wildman–Crippen MR) is 142 cm³/mol. The Kier molecular flexibility index (Phi) is 6.84. The van der Waals surface area contributed by atoms with Crippen LogP contribution in [0.15, 0.2) is 88.7 Å². The molecule has 0 aliphatic rings. The summed E-state index contributed by atoms with van der Waals surface area (Å²) in [6, 6.07) is 19.2. The van der Waals surface area contributed by atoms with Gasteiger partial charge in [0.05, 0.1) is 25.4 Å². The Morgan fingerprint density at radius 3 is 2.39 bits per heavy atom. The van der Waals surface area contributed by atoms with Gasteiger partial charge >= 0.3 is 0 Å². The van der Waals surface area contributed by atoms with E-state index in [0.717, 1.165) is 16.7 Å². The Labute approximate surface area is 219 Å². The molecule has 0 atom stereocenters. The molecule has 0 radical (unpaired) electrons. The van der Waals surface area contributed by atoms with Crippen LogP contribution in [0.3, 0.4) is 0 Å². The molecule has 0 spiro atoms. The smallest absolute Gasteiger partial charge is 0.278 e. The summed E-state index contributed by atoms with van der Waals surface area (Å²) >= 11 is 0. The summed E-state index contributed by atoms with van der Waals surface area (Å²) in [6.07, 6.45) is 3.48. The molecule has 0 bridgehead atoms. The van der Waals surface area contributed by atoms with Crippen molar-refractivity contribution in [2.75, 3.05) is 18.9 Å². The van der Waals surface area contributed by atoms with Crippen molar-refractivity contribution in [2.24, 2.45) is 0 Å². The van der Waals surface area contributed by atoms with E-state index in [1.54, 1.807) is 75.3 Å². The molecule has 0 aliphatic heterocycles. The third kappa shape index (κ3) is 5.37. The summed E-state index contributed by atoms with van der Waals surface area (Å²) in [7, 11) is -0.522. The number of nitrogens with zero attached hydrogens (tertiary/aromatic N) is 4. The zero-order valence-corrected chi connectivity index (χ0v) is 21.8. The minimum atomic E-state index is -3.66. The lowest BCUT2D eigenvalue weighted by molar-refractivity contribution is 0.355. The van der Waals surface area contributed by atoms with Crippen LogP contribution in [-0.4, -0.2) is 42.3 Å². The average Bonchev–Trinajstić information content (AvgIpc) is 3.59. The topological polar surface area (TPSA) is 121 Å². The molecule has 5 rings (SSSR count). The van der Waals surface area contributed by atoms with Gasteiger partial charge in [-0.3, -0.25) is 4.72 Å². The van der Waals surface area contributed by atoms with Crippen molar-refractivity contribution >= 4 is 15.7 Å². The molecule has 2 aromatic heterocycles. The quantitative estimate of drug-likeness (QED) is 0.289. The minimum absolute atomic E-state index is 0.216. The third-order valence-electron chi connectivity index (χ3n) is 5.82. The molecule has 0 saturated carbocycles. The fourth-order valence-electron chi connectivity index (χ4n) is 3.80. The highest BCUT2D eigenvalue weighted by atomic mass is 32.2. The Morgan fingerprint density at radius 2 is 1.68 bits per heavy atom. The van der Waals surface area contributed by atoms with Gasteiger partial charge in [0.2, 0.25) is 5.82 Å². The van der Waals surface area contributed by atoms with E-state index in [9.17, 15) is 8.42 Å². The van der Waals surface area contributed by atoms with Crippen molar-refractivity contribution in [1.29, 1.82) is 0 Å². The summed E-state index contributed by atoms with van der Waals surface area (Å²) in [5.41, 5.74) is 3.69. The molecular weight excluding hydrogens is 506 g/mol. The molecule has 0 unspecified atom stereocenters. The number of rotatable bonds is 9. The van der Waals surface area contributed by atoms with Crippen LogP contribution in [-0.2, 0) is 16.6 Å². The van der Waals surface area contributed by atoms with Crippen LogP contribution < -0.4 is 14.2 Å². The van der Waals surface area contributed by atoms with E-state index in [1.807, 2.05) is 29.7 Å². The van der Waals surface area contributed by atoms with Gasteiger partial charge in [-0.25, -0.2) is 13.4 Å². The van der Waals surface area contributed by atoms with Gasteiger partial charge < -0.3 is 18.6 Å². The zero-order valence-electron chi connectivity index (χ0n) is 21.0. The Hall–Kier alpha value is -4.64. The van der Waals surface area contributed by atoms with Gasteiger partial charge in [0.1, 0.15) is 5.69 Å². The van der Waals surface area contributed by atoms with Crippen molar-refractivity contribution in [3.05, 3.63) is 90.4 Å². The van der Waals surface area contributed by atoms with Crippen LogP contribution in [0, 0.1) is 6.92 Å². The number of aryl methyl sites for hydroxylation is 1. The third-order valence-corrected chi connectivity index (χ3v) is 7.22. The standard InChI is InChI=1S/C27H25N5O5S/c1-18-4-11-22(12-5-18)38(33,34)31-21-9-6-19(7-10-21)15-32-16-23(28-17-32)27-29-26(30-37-27)20-8-13-24(35-2)25(14-20)36-3/h4-14,16-17,31H,15H2,1-3H3. The van der Waals surface area contributed by atoms with Crippen molar-refractivity contribution in [3.8, 4) is 34.5 Å². The van der Waals surface area contributed by atoms with Crippen LogP contribution in [0.25, 0.3) is 23.0 Å². The molecule has 0 amide bonds. The molecule has 0 fully saturated rings. The molecule has 10 nitrogen and oxygen atoms in total. The number of methoxy groups -OCH3 is 2. The highest BCUT2D eigenvalue weighted by Crippen LogP contribution is 2.32. The molecule has 1 N–H and O–H groups in total. The molecule has 2 heterocycles. The number of hydrogen-bond acceptors (Lipinski definition) is 8. The maximum Gasteiger partial charge on any atom is 0.278 e. The second-order valence-corrected chi connectivity index (χ2v) is 10.2. The van der Waals surface area contributed by atoms with Gasteiger partial charge in [-0.05, 0) is 55.0 Å². The average molecular weight is 532 g/mol. The number of nitrogens with one attached hydrogen (secondary N) is 1. The Balaban J connectivity index is 1.26. The second-order valence-electron chi connectivity index (χ2n) is 8.54. The van der Waals surface area contributed by atoms with Gasteiger partial charge in [-0.1, -0.05) is 35.0 Å². The summed E-state index contributed by atoms with van der Waals surface area (Å²) < 4.78 is 45.8. The highest BCUT2D eigenvalue weighted by Gasteiger charge is 2.16. The summed E-state index contributed by atoms with van der Waals surface area (Å²) in [5.74, 6) is 1.86. The SMILES string of the molecule is COc1ccc(-c2noc(-c3cn(Cc4ccc(NS(=O)(=O)c5ccc(C)cc5)cc4)cn3)n2)cc1OC. The molecular formula is C27H25N5O5S. The van der Waals surface area contributed by atoms with Crippen molar-refractivity contribution in [3.63, 3.8) is 0 Å². The lowest BCUT2D eigenvalue weighted by atomic mass is 10.2. The molecule has 0 saturated heterocycles. The highest BCUT2D eigenvalue weighted by molar-refractivity contribution is 7.92. The number of benzene rings is 3. The van der Waals surface area contributed by atoms with Crippen LogP contribution in [0.2, 0.25) is 0 Å². The molecule has 38 heavy (non-hydrogen) atoms. The maximum atomic E-state index is 12.6. The molecule has 11 heteroatoms. The van der Waals surface area contributed by atoms with E-state index < -0.39 is 10.0 Å². The van der Waals surface area contributed by atoms with Crippen molar-refractivity contribution in [1.82, 2.24) is 19.7 Å². The summed E-state index contributed by atoms with van der Waals surface area (Å²) in [4.78, 5) is 9.07. The monoisotopic (exact) mass is 531 g/mol. The van der Waals surface area contributed by atoms with Gasteiger partial charge in [0.15, 0.2) is 11.5 Å². The maximum absolute atomic E-state index is 12.6. The van der Waals surface area contributed by atoms with E-state index in [1.165, 1.54) is 0 Å². The number of ether oxygens (including phenoxy) is 2. The second kappa shape index (κ2) is 10.4. The van der Waals surface area contributed by atoms with Crippen molar-refractivity contribution in [2.45, 2.75) is 18.4 Å². The van der Waals surface area contributed by atoms with Crippen LogP contribution in [0.1, 0.15) is 11.1 Å². The van der Waals surface area contributed by atoms with Gasteiger partial charge in [-0.15, -0.1) is 0 Å². The van der Waals surface area contributed by atoms with E-state index >= 15 is 0 Å². The van der Waals surface area contributed by atoms with Gasteiger partial charge in [-0.2, -0.15) is 4.98 Å². The summed E-state index contributed by atoms with van der Waals surface area (Å²) in [5, 5.41) is 4.06. The fourth-order valence-corrected chi connectivity index (χ4v) is 4.86. The van der Waals surface area contributed by atoms with Crippen LogP contribution >= 0.6 is 0 Å². The normalized spacial score (nSPS) is 11.3. The number of hydrogen-bond donors (Lipinski definition) is 1. The molecule has 194 valence electrons. The first kappa shape index (κ1) is 25.0. The summed E-state index contributed by atoms with van der Waals surface area (Å²) in [6.45, 7) is 2.43. The molecule has 3 aromatic carbocycles.